The van der Waals surface area contributed by atoms with Gasteiger partial charge in [0.2, 0.25) is 21.8 Å². The lowest BCUT2D eigenvalue weighted by Gasteiger charge is -2.47. The fourth-order valence-electron chi connectivity index (χ4n) is 4.06. The highest BCUT2D eigenvalue weighted by Crippen LogP contribution is 2.34. The fraction of sp³-hybridized carbons (Fsp3) is 0.579. The Balaban J connectivity index is 2.03. The van der Waals surface area contributed by atoms with Gasteiger partial charge < -0.3 is 5.32 Å². The molecule has 2 aliphatic rings. The van der Waals surface area contributed by atoms with Crippen molar-refractivity contribution in [3.05, 3.63) is 28.8 Å². The van der Waals surface area contributed by atoms with Crippen molar-refractivity contribution in [1.29, 1.82) is 0 Å². The number of rotatable bonds is 4. The van der Waals surface area contributed by atoms with Crippen molar-refractivity contribution >= 4 is 39.1 Å². The van der Waals surface area contributed by atoms with Crippen molar-refractivity contribution in [2.75, 3.05) is 24.2 Å². The number of carbonyl (C=O) groups is 2. The van der Waals surface area contributed by atoms with E-state index in [4.69, 9.17) is 11.6 Å². The summed E-state index contributed by atoms with van der Waals surface area (Å²) in [6, 6.07) is 5.14. The van der Waals surface area contributed by atoms with Crippen LogP contribution in [0.2, 0.25) is 5.02 Å². The molecular formula is C19H26ClN3O4S. The first-order valence-corrected chi connectivity index (χ1v) is 11.6. The molecule has 28 heavy (non-hydrogen) atoms. The minimum Gasteiger partial charge on any atom is -0.351 e. The second-order valence-corrected chi connectivity index (χ2v) is 10.3. The maximum absolute atomic E-state index is 13.3. The summed E-state index contributed by atoms with van der Waals surface area (Å²) in [4.78, 5) is 27.8. The van der Waals surface area contributed by atoms with E-state index in [9.17, 15) is 18.0 Å². The summed E-state index contributed by atoms with van der Waals surface area (Å²) in [6.07, 6.45) is 4.95. The average Bonchev–Trinajstić information content (AvgIpc) is 3.08. The van der Waals surface area contributed by atoms with Crippen LogP contribution in [0.4, 0.5) is 5.69 Å². The van der Waals surface area contributed by atoms with Crippen LogP contribution >= 0.6 is 11.6 Å². The van der Waals surface area contributed by atoms with Gasteiger partial charge in [-0.15, -0.1) is 0 Å². The third-order valence-electron chi connectivity index (χ3n) is 5.59. The zero-order valence-corrected chi connectivity index (χ0v) is 17.9. The van der Waals surface area contributed by atoms with E-state index in [0.29, 0.717) is 10.7 Å². The largest absolute Gasteiger partial charge is 0.351 e. The van der Waals surface area contributed by atoms with Crippen LogP contribution in [0.1, 0.15) is 38.2 Å². The van der Waals surface area contributed by atoms with Gasteiger partial charge in [0, 0.05) is 23.3 Å². The molecule has 0 radical (unpaired) electrons. The molecular weight excluding hydrogens is 402 g/mol. The number of hydrogen-bond donors (Lipinski definition) is 1. The van der Waals surface area contributed by atoms with Crippen LogP contribution in [0.3, 0.4) is 0 Å². The average molecular weight is 428 g/mol. The first-order valence-electron chi connectivity index (χ1n) is 9.37. The fourth-order valence-corrected chi connectivity index (χ4v) is 5.11. The maximum atomic E-state index is 13.3. The molecule has 1 aromatic carbocycles. The van der Waals surface area contributed by atoms with Crippen LogP contribution in [-0.2, 0) is 19.6 Å². The molecule has 0 unspecified atom stereocenters. The lowest BCUT2D eigenvalue weighted by atomic mass is 9.93. The minimum absolute atomic E-state index is 0.0567. The van der Waals surface area contributed by atoms with Crippen molar-refractivity contribution in [2.24, 2.45) is 0 Å². The molecule has 1 aliphatic carbocycles. The molecule has 2 fully saturated rings. The highest BCUT2D eigenvalue weighted by atomic mass is 35.5. The number of benzene rings is 1. The third kappa shape index (κ3) is 4.04. The number of piperazine rings is 1. The molecule has 0 aromatic heterocycles. The van der Waals surface area contributed by atoms with Crippen LogP contribution in [-0.4, -0.2) is 55.5 Å². The molecule has 2 amide bonds. The first-order chi connectivity index (χ1) is 13.0. The Morgan fingerprint density at radius 3 is 2.50 bits per heavy atom. The minimum atomic E-state index is -3.63. The van der Waals surface area contributed by atoms with Gasteiger partial charge in [-0.3, -0.25) is 14.5 Å². The Bertz CT molecular complexity index is 898. The van der Waals surface area contributed by atoms with Crippen LogP contribution in [0.5, 0.6) is 0 Å². The van der Waals surface area contributed by atoms with Crippen LogP contribution in [0.25, 0.3) is 0 Å². The van der Waals surface area contributed by atoms with Crippen molar-refractivity contribution < 1.29 is 18.0 Å². The molecule has 1 aromatic rings. The van der Waals surface area contributed by atoms with Gasteiger partial charge in [0.25, 0.3) is 0 Å². The van der Waals surface area contributed by atoms with E-state index in [-0.39, 0.29) is 25.0 Å². The monoisotopic (exact) mass is 427 g/mol. The number of carbonyl (C=O) groups excluding carboxylic acids is 2. The Morgan fingerprint density at radius 1 is 1.29 bits per heavy atom. The summed E-state index contributed by atoms with van der Waals surface area (Å²) < 4.78 is 25.4. The summed E-state index contributed by atoms with van der Waals surface area (Å²) in [5, 5.41) is 3.56. The van der Waals surface area contributed by atoms with Gasteiger partial charge in [0.1, 0.15) is 5.54 Å². The van der Waals surface area contributed by atoms with E-state index in [1.165, 1.54) is 4.90 Å². The second kappa shape index (κ2) is 7.65. The summed E-state index contributed by atoms with van der Waals surface area (Å²) in [7, 11) is -3.63. The number of nitrogens with zero attached hydrogens (tertiary/aromatic N) is 2. The smallest absolute Gasteiger partial charge is 0.247 e. The number of nitrogens with one attached hydrogen (secondary N) is 1. The van der Waals surface area contributed by atoms with Gasteiger partial charge in [0.15, 0.2) is 0 Å². The van der Waals surface area contributed by atoms with E-state index in [0.717, 1.165) is 41.8 Å². The lowest BCUT2D eigenvalue weighted by Crippen LogP contribution is -2.70. The number of sulfonamides is 1. The van der Waals surface area contributed by atoms with Crippen LogP contribution < -0.4 is 10.2 Å². The summed E-state index contributed by atoms with van der Waals surface area (Å²) in [5.41, 5.74) is -0.0558. The van der Waals surface area contributed by atoms with E-state index in [1.807, 2.05) is 6.92 Å². The zero-order chi connectivity index (χ0) is 20.7. The van der Waals surface area contributed by atoms with E-state index < -0.39 is 21.5 Å². The van der Waals surface area contributed by atoms with Crippen molar-refractivity contribution in [3.63, 3.8) is 0 Å². The van der Waals surface area contributed by atoms with Gasteiger partial charge in [0.05, 0.1) is 12.8 Å². The number of amides is 2. The van der Waals surface area contributed by atoms with Gasteiger partial charge in [-0.05, 0) is 50.5 Å². The molecule has 0 spiro atoms. The van der Waals surface area contributed by atoms with Crippen molar-refractivity contribution in [3.8, 4) is 0 Å². The standard InChI is InChI=1S/C19H26ClN3O4S/c1-13-10-14(20)8-9-16(13)23-17(24)11-22(28(3,26)27)12-19(23,2)18(25)21-15-6-4-5-7-15/h8-10,15H,4-7,11-12H2,1-3H3,(H,21,25)/t19-/m1/s1. The van der Waals surface area contributed by atoms with Crippen molar-refractivity contribution in [1.82, 2.24) is 9.62 Å². The van der Waals surface area contributed by atoms with E-state index in [1.54, 1.807) is 25.1 Å². The number of anilines is 1. The predicted octanol–water partition coefficient (Wildman–Crippen LogP) is 2.07. The topological polar surface area (TPSA) is 86.8 Å². The Kier molecular flexibility index (Phi) is 5.76. The molecule has 1 heterocycles. The second-order valence-electron chi connectivity index (χ2n) is 7.92. The third-order valence-corrected chi connectivity index (χ3v) is 7.02. The summed E-state index contributed by atoms with van der Waals surface area (Å²) in [5.74, 6) is -0.776. The molecule has 7 nitrogen and oxygen atoms in total. The summed E-state index contributed by atoms with van der Waals surface area (Å²) >= 11 is 6.05. The molecule has 0 bridgehead atoms. The lowest BCUT2D eigenvalue weighted by molar-refractivity contribution is -0.133. The summed E-state index contributed by atoms with van der Waals surface area (Å²) in [6.45, 7) is 3.04. The Hall–Kier alpha value is -1.64. The molecule has 1 aliphatic heterocycles. The molecule has 1 saturated heterocycles. The SMILES string of the molecule is Cc1cc(Cl)ccc1N1C(=O)CN(S(C)(=O)=O)C[C@]1(C)C(=O)NC1CCCC1. The normalized spacial score (nSPS) is 24.6. The Morgan fingerprint density at radius 2 is 1.93 bits per heavy atom. The first kappa shape index (κ1) is 21.1. The van der Waals surface area contributed by atoms with E-state index in [2.05, 4.69) is 5.32 Å². The molecule has 1 N–H and O–H groups in total. The molecule has 9 heteroatoms. The molecule has 1 atom stereocenters. The molecule has 1 saturated carbocycles. The van der Waals surface area contributed by atoms with Gasteiger partial charge in [-0.1, -0.05) is 24.4 Å². The van der Waals surface area contributed by atoms with Gasteiger partial charge >= 0.3 is 0 Å². The predicted molar refractivity (Wildman–Crippen MR) is 109 cm³/mol. The molecule has 154 valence electrons. The van der Waals surface area contributed by atoms with Gasteiger partial charge in [-0.2, -0.15) is 4.31 Å². The van der Waals surface area contributed by atoms with Crippen LogP contribution in [0, 0.1) is 6.92 Å². The van der Waals surface area contributed by atoms with Crippen molar-refractivity contribution in [2.45, 2.75) is 51.1 Å². The molecule has 3 rings (SSSR count). The van der Waals surface area contributed by atoms with E-state index >= 15 is 0 Å². The highest BCUT2D eigenvalue weighted by Gasteiger charge is 2.51. The van der Waals surface area contributed by atoms with Gasteiger partial charge in [-0.25, -0.2) is 8.42 Å². The number of aryl methyl sites for hydroxylation is 1. The van der Waals surface area contributed by atoms with Crippen LogP contribution in [0.15, 0.2) is 18.2 Å². The Labute approximate surface area is 171 Å². The maximum Gasteiger partial charge on any atom is 0.247 e. The zero-order valence-electron chi connectivity index (χ0n) is 16.4. The number of halogens is 1. The quantitative estimate of drug-likeness (QED) is 0.796. The number of hydrogen-bond acceptors (Lipinski definition) is 4. The highest BCUT2D eigenvalue weighted by molar-refractivity contribution is 7.88.